The lowest BCUT2D eigenvalue weighted by Gasteiger charge is -2.35. The lowest BCUT2D eigenvalue weighted by atomic mass is 9.67. The maximum absolute atomic E-state index is 7.02. The first-order valence-corrected chi connectivity index (χ1v) is 22.2. The average molecular weight is 804 g/mol. The van der Waals surface area contributed by atoms with Crippen molar-refractivity contribution in [3.63, 3.8) is 0 Å². The van der Waals surface area contributed by atoms with Gasteiger partial charge in [-0.1, -0.05) is 189 Å². The van der Waals surface area contributed by atoms with Gasteiger partial charge in [-0.25, -0.2) is 0 Å². The molecule has 0 aliphatic heterocycles. The van der Waals surface area contributed by atoms with Gasteiger partial charge in [-0.2, -0.15) is 0 Å². The maximum atomic E-state index is 7.02. The van der Waals surface area contributed by atoms with Gasteiger partial charge in [-0.3, -0.25) is 0 Å². The van der Waals surface area contributed by atoms with Crippen molar-refractivity contribution < 1.29 is 4.42 Å². The summed E-state index contributed by atoms with van der Waals surface area (Å²) >= 11 is 0. The highest BCUT2D eigenvalue weighted by Crippen LogP contribution is 2.57. The van der Waals surface area contributed by atoms with Crippen LogP contribution in [-0.2, 0) is 21.7 Å². The summed E-state index contributed by atoms with van der Waals surface area (Å²) in [6.07, 6.45) is 0. The van der Waals surface area contributed by atoms with E-state index in [2.05, 4.69) is 236 Å². The SMILES string of the molecule is CC(C)(C)c1cc(C(C)(C)C)c2oc3cccc(N(c4cccc(C5(c6ccccc6)c6ccccc6-c6ccccc65)c4)c4ccc5c(c4)-c4ccccc4C5(C)C)c3c2c1. The Morgan fingerprint density at radius 1 is 0.452 bits per heavy atom. The van der Waals surface area contributed by atoms with Gasteiger partial charge in [0.2, 0.25) is 0 Å². The molecule has 304 valence electrons. The number of furan rings is 1. The molecular formula is C60H53NO. The predicted molar refractivity (Wildman–Crippen MR) is 261 cm³/mol. The van der Waals surface area contributed by atoms with Crippen molar-refractivity contribution in [3.05, 3.63) is 220 Å². The van der Waals surface area contributed by atoms with Crippen LogP contribution in [0.4, 0.5) is 17.1 Å². The molecule has 9 aromatic rings. The molecule has 1 heterocycles. The second-order valence-corrected chi connectivity index (χ2v) is 20.1. The fourth-order valence-corrected chi connectivity index (χ4v) is 11.0. The molecule has 0 radical (unpaired) electrons. The van der Waals surface area contributed by atoms with Crippen LogP contribution in [-0.4, -0.2) is 0 Å². The zero-order valence-corrected chi connectivity index (χ0v) is 37.1. The molecule has 62 heavy (non-hydrogen) atoms. The Hall–Kier alpha value is -6.64. The standard InChI is InChI=1S/C60H53NO/c1-57(2,3)40-35-47-55-53(30-19-31-54(55)62-56(47)52(36-40)58(4,5)6)61(42-32-33-49-46(37-42)45-26-12-15-27-48(45)59(49,7)8)41-23-18-22-39(34-41)60(38-20-10-9-11-21-38)50-28-16-13-24-43(50)44-25-14-17-29-51(44)60/h9-37H,1-8H3. The largest absolute Gasteiger partial charge is 0.456 e. The number of nitrogens with zero attached hydrogens (tertiary/aromatic N) is 1. The van der Waals surface area contributed by atoms with Gasteiger partial charge in [0.15, 0.2) is 0 Å². The van der Waals surface area contributed by atoms with Crippen molar-refractivity contribution in [2.45, 2.75) is 77.0 Å². The maximum Gasteiger partial charge on any atom is 0.139 e. The van der Waals surface area contributed by atoms with Crippen LogP contribution in [0.25, 0.3) is 44.2 Å². The van der Waals surface area contributed by atoms with E-state index in [9.17, 15) is 0 Å². The van der Waals surface area contributed by atoms with Gasteiger partial charge in [-0.15, -0.1) is 0 Å². The Bertz CT molecular complexity index is 3190. The van der Waals surface area contributed by atoms with E-state index < -0.39 is 5.41 Å². The second kappa shape index (κ2) is 13.4. The summed E-state index contributed by atoms with van der Waals surface area (Å²) in [6.45, 7) is 18.5. The minimum absolute atomic E-state index is 0.0550. The Kier molecular flexibility index (Phi) is 8.29. The zero-order valence-electron chi connectivity index (χ0n) is 37.1. The number of rotatable bonds is 5. The summed E-state index contributed by atoms with van der Waals surface area (Å²) < 4.78 is 7.02. The van der Waals surface area contributed by atoms with Crippen LogP contribution in [0.5, 0.6) is 0 Å². The Balaban J connectivity index is 1.23. The quantitative estimate of drug-likeness (QED) is 0.172. The summed E-state index contributed by atoms with van der Waals surface area (Å²) in [4.78, 5) is 2.50. The first-order chi connectivity index (χ1) is 29.8. The van der Waals surface area contributed by atoms with Gasteiger partial charge in [0.25, 0.3) is 0 Å². The van der Waals surface area contributed by atoms with E-state index in [1.807, 2.05) is 0 Å². The van der Waals surface area contributed by atoms with Crippen LogP contribution in [0, 0.1) is 0 Å². The van der Waals surface area contributed by atoms with Gasteiger partial charge in [0.05, 0.1) is 16.5 Å². The van der Waals surface area contributed by atoms with E-state index in [4.69, 9.17) is 4.42 Å². The molecule has 11 rings (SSSR count). The fourth-order valence-electron chi connectivity index (χ4n) is 11.0. The molecule has 0 bridgehead atoms. The number of fused-ring (bicyclic) bond motifs is 9. The van der Waals surface area contributed by atoms with Gasteiger partial charge < -0.3 is 9.32 Å². The van der Waals surface area contributed by atoms with Crippen LogP contribution >= 0.6 is 0 Å². The fraction of sp³-hybridized carbons (Fsp3) is 0.200. The van der Waals surface area contributed by atoms with Crippen LogP contribution in [0.2, 0.25) is 0 Å². The Labute approximate surface area is 366 Å². The Morgan fingerprint density at radius 3 is 1.68 bits per heavy atom. The molecule has 0 atom stereocenters. The highest BCUT2D eigenvalue weighted by Gasteiger charge is 2.46. The summed E-state index contributed by atoms with van der Waals surface area (Å²) in [5.41, 5.74) is 19.9. The molecule has 2 aliphatic carbocycles. The molecule has 0 saturated carbocycles. The van der Waals surface area contributed by atoms with Gasteiger partial charge in [-0.05, 0) is 114 Å². The molecule has 0 fully saturated rings. The molecule has 0 amide bonds. The van der Waals surface area contributed by atoms with Gasteiger partial charge >= 0.3 is 0 Å². The second-order valence-electron chi connectivity index (χ2n) is 20.1. The van der Waals surface area contributed by atoms with E-state index in [1.54, 1.807) is 0 Å². The lowest BCUT2D eigenvalue weighted by molar-refractivity contribution is 0.559. The zero-order chi connectivity index (χ0) is 42.8. The summed E-state index contributed by atoms with van der Waals surface area (Å²) in [5.74, 6) is 0. The number of anilines is 3. The van der Waals surface area contributed by atoms with Crippen molar-refractivity contribution in [3.8, 4) is 22.3 Å². The minimum Gasteiger partial charge on any atom is -0.456 e. The molecular weight excluding hydrogens is 751 g/mol. The van der Waals surface area contributed by atoms with Gasteiger partial charge in [0, 0.05) is 27.7 Å². The van der Waals surface area contributed by atoms with Crippen molar-refractivity contribution in [1.29, 1.82) is 0 Å². The molecule has 2 heteroatoms. The molecule has 0 unspecified atom stereocenters. The molecule has 0 N–H and O–H groups in total. The van der Waals surface area contributed by atoms with Crippen molar-refractivity contribution in [1.82, 2.24) is 0 Å². The molecule has 8 aromatic carbocycles. The van der Waals surface area contributed by atoms with E-state index in [0.29, 0.717) is 0 Å². The first kappa shape index (κ1) is 38.3. The highest BCUT2D eigenvalue weighted by molar-refractivity contribution is 6.14. The van der Waals surface area contributed by atoms with E-state index in [1.165, 1.54) is 66.8 Å². The molecule has 2 aliphatic rings. The number of benzene rings is 8. The topological polar surface area (TPSA) is 16.4 Å². The highest BCUT2D eigenvalue weighted by atomic mass is 16.3. The third-order valence-electron chi connectivity index (χ3n) is 14.0. The molecule has 1 aromatic heterocycles. The van der Waals surface area contributed by atoms with Gasteiger partial charge in [0.1, 0.15) is 11.2 Å². The predicted octanol–water partition coefficient (Wildman–Crippen LogP) is 16.3. The number of hydrogen-bond donors (Lipinski definition) is 0. The Morgan fingerprint density at radius 2 is 1.02 bits per heavy atom. The van der Waals surface area contributed by atoms with Crippen LogP contribution < -0.4 is 4.90 Å². The molecule has 0 spiro atoms. The lowest BCUT2D eigenvalue weighted by Crippen LogP contribution is -2.28. The third-order valence-corrected chi connectivity index (χ3v) is 14.0. The van der Waals surface area contributed by atoms with Crippen LogP contribution in [0.3, 0.4) is 0 Å². The summed E-state index contributed by atoms with van der Waals surface area (Å²) in [7, 11) is 0. The molecule has 0 saturated heterocycles. The monoisotopic (exact) mass is 803 g/mol. The minimum atomic E-state index is -0.533. The normalized spacial score (nSPS) is 14.7. The summed E-state index contributed by atoms with van der Waals surface area (Å²) in [5, 5.41) is 2.28. The van der Waals surface area contributed by atoms with Crippen LogP contribution in [0.15, 0.2) is 180 Å². The van der Waals surface area contributed by atoms with E-state index >= 15 is 0 Å². The molecule has 2 nitrogen and oxygen atoms in total. The smallest absolute Gasteiger partial charge is 0.139 e. The third kappa shape index (κ3) is 5.48. The van der Waals surface area contributed by atoms with E-state index in [0.717, 1.165) is 39.0 Å². The van der Waals surface area contributed by atoms with Crippen molar-refractivity contribution in [2.75, 3.05) is 4.90 Å². The first-order valence-electron chi connectivity index (χ1n) is 22.2. The van der Waals surface area contributed by atoms with Crippen molar-refractivity contribution >= 4 is 39.0 Å². The van der Waals surface area contributed by atoms with Crippen LogP contribution in [0.1, 0.15) is 99.9 Å². The summed E-state index contributed by atoms with van der Waals surface area (Å²) in [6, 6.07) is 66.0. The van der Waals surface area contributed by atoms with E-state index in [-0.39, 0.29) is 16.2 Å². The number of hydrogen-bond acceptors (Lipinski definition) is 2. The van der Waals surface area contributed by atoms with Crippen molar-refractivity contribution in [2.24, 2.45) is 0 Å². The average Bonchev–Trinajstić information content (AvgIpc) is 3.88.